The smallest absolute Gasteiger partial charge is 0.173 e. The maximum Gasteiger partial charge on any atom is 0.173 e. The summed E-state index contributed by atoms with van der Waals surface area (Å²) in [5.41, 5.74) is 2.45. The number of fused-ring (bicyclic) bond motifs is 1. The lowest BCUT2D eigenvalue weighted by atomic mass is 9.95. The normalized spacial score (nSPS) is 14.2. The molecule has 3 rings (SSSR count). The van der Waals surface area contributed by atoms with Gasteiger partial charge < -0.3 is 0 Å². The Kier molecular flexibility index (Phi) is 3.44. The van der Waals surface area contributed by atoms with Gasteiger partial charge >= 0.3 is 0 Å². The Balaban J connectivity index is 2.01. The third-order valence-electron chi connectivity index (χ3n) is 3.31. The van der Waals surface area contributed by atoms with Crippen LogP contribution in [0.1, 0.15) is 39.2 Å². The Bertz CT molecular complexity index is 723. The summed E-state index contributed by atoms with van der Waals surface area (Å²) in [5, 5.41) is 9.97. The van der Waals surface area contributed by atoms with Crippen LogP contribution in [0.5, 0.6) is 0 Å². The summed E-state index contributed by atoms with van der Waals surface area (Å²) in [6, 6.07) is 11.9. The number of hydrogen-bond donors (Lipinski definition) is 0. The molecule has 0 bridgehead atoms. The minimum absolute atomic E-state index is 0.147. The second-order valence-electron chi connectivity index (χ2n) is 4.65. The molecule has 20 heavy (non-hydrogen) atoms. The van der Waals surface area contributed by atoms with Crippen molar-refractivity contribution >= 4 is 28.3 Å². The third kappa shape index (κ3) is 2.28. The summed E-state index contributed by atoms with van der Waals surface area (Å²) in [6.07, 6.45) is 3.96. The van der Waals surface area contributed by atoms with Crippen molar-refractivity contribution in [2.75, 3.05) is 0 Å². The van der Waals surface area contributed by atoms with E-state index >= 15 is 0 Å². The van der Waals surface area contributed by atoms with Crippen molar-refractivity contribution in [2.24, 2.45) is 4.99 Å². The molecule has 1 aliphatic rings. The fourth-order valence-electron chi connectivity index (χ4n) is 2.33. The maximum atomic E-state index is 11.9. The molecular weight excluding hydrogens is 268 g/mol. The van der Waals surface area contributed by atoms with E-state index in [1.54, 1.807) is 6.21 Å². The number of thiophene rings is 1. The summed E-state index contributed by atoms with van der Waals surface area (Å²) in [6.45, 7) is 0. The van der Waals surface area contributed by atoms with E-state index < -0.39 is 0 Å². The molecule has 0 radical (unpaired) electrons. The first-order valence-electron chi connectivity index (χ1n) is 6.47. The number of nitrogens with zero attached hydrogens (tertiary/aromatic N) is 2. The highest BCUT2D eigenvalue weighted by molar-refractivity contribution is 7.18. The number of carbonyl (C=O) groups is 1. The molecule has 1 heterocycles. The lowest BCUT2D eigenvalue weighted by Crippen LogP contribution is -2.07. The SMILES string of the molecule is N#Cc1c(/N=C/c2ccccc2)sc2c1CCCC2=O. The molecule has 0 saturated carbocycles. The van der Waals surface area contributed by atoms with Crippen LogP contribution in [0.3, 0.4) is 0 Å². The number of Topliss-reactive ketones (excluding diaryl/α,β-unsaturated/α-hetero) is 1. The van der Waals surface area contributed by atoms with Crippen LogP contribution in [-0.2, 0) is 6.42 Å². The van der Waals surface area contributed by atoms with Crippen LogP contribution < -0.4 is 0 Å². The van der Waals surface area contributed by atoms with E-state index in [-0.39, 0.29) is 5.78 Å². The highest BCUT2D eigenvalue weighted by atomic mass is 32.1. The Morgan fingerprint density at radius 1 is 1.25 bits per heavy atom. The van der Waals surface area contributed by atoms with E-state index in [1.807, 2.05) is 30.3 Å². The van der Waals surface area contributed by atoms with Crippen LogP contribution in [0.25, 0.3) is 0 Å². The quantitative estimate of drug-likeness (QED) is 0.784. The molecule has 0 atom stereocenters. The van der Waals surface area contributed by atoms with E-state index in [4.69, 9.17) is 0 Å². The van der Waals surface area contributed by atoms with Gasteiger partial charge in [0.15, 0.2) is 5.78 Å². The third-order valence-corrected chi connectivity index (χ3v) is 4.50. The van der Waals surface area contributed by atoms with Crippen LogP contribution >= 0.6 is 11.3 Å². The monoisotopic (exact) mass is 280 g/mol. The van der Waals surface area contributed by atoms with Gasteiger partial charge in [0, 0.05) is 12.6 Å². The van der Waals surface area contributed by atoms with Crippen molar-refractivity contribution in [2.45, 2.75) is 19.3 Å². The molecule has 98 valence electrons. The van der Waals surface area contributed by atoms with Crippen LogP contribution in [0.4, 0.5) is 5.00 Å². The Morgan fingerprint density at radius 2 is 2.05 bits per heavy atom. The van der Waals surface area contributed by atoms with Crippen LogP contribution in [0.2, 0.25) is 0 Å². The molecule has 1 aromatic heterocycles. The lowest BCUT2D eigenvalue weighted by molar-refractivity contribution is 0.0977. The molecule has 4 heteroatoms. The van der Waals surface area contributed by atoms with Gasteiger partial charge in [0.25, 0.3) is 0 Å². The van der Waals surface area contributed by atoms with Crippen molar-refractivity contribution in [3.8, 4) is 6.07 Å². The average Bonchev–Trinajstić information content (AvgIpc) is 2.85. The number of hydrogen-bond acceptors (Lipinski definition) is 4. The van der Waals surface area contributed by atoms with Gasteiger partial charge in [-0.2, -0.15) is 5.26 Å². The van der Waals surface area contributed by atoms with E-state index in [2.05, 4.69) is 11.1 Å². The van der Waals surface area contributed by atoms with Gasteiger partial charge in [-0.1, -0.05) is 30.3 Å². The van der Waals surface area contributed by atoms with Crippen molar-refractivity contribution in [3.63, 3.8) is 0 Å². The highest BCUT2D eigenvalue weighted by Gasteiger charge is 2.25. The number of aliphatic imine (C=N–C) groups is 1. The zero-order valence-electron chi connectivity index (χ0n) is 10.8. The molecule has 0 unspecified atom stereocenters. The zero-order valence-corrected chi connectivity index (χ0v) is 11.6. The Hall–Kier alpha value is -2.25. The van der Waals surface area contributed by atoms with Gasteiger partial charge in [-0.25, -0.2) is 4.99 Å². The standard InChI is InChI=1S/C16H12N2OS/c17-9-13-12-7-4-8-14(19)15(12)20-16(13)18-10-11-5-2-1-3-6-11/h1-3,5-6,10H,4,7-8H2/b18-10+. The molecule has 1 aliphatic carbocycles. The molecule has 3 nitrogen and oxygen atoms in total. The minimum Gasteiger partial charge on any atom is -0.293 e. The molecule has 0 saturated heterocycles. The molecule has 0 aliphatic heterocycles. The van der Waals surface area contributed by atoms with Gasteiger partial charge in [-0.3, -0.25) is 4.79 Å². The molecule has 2 aromatic rings. The summed E-state index contributed by atoms with van der Waals surface area (Å²) in [7, 11) is 0. The predicted molar refractivity (Wildman–Crippen MR) is 80.0 cm³/mol. The average molecular weight is 280 g/mol. The van der Waals surface area contributed by atoms with Gasteiger partial charge in [-0.05, 0) is 24.0 Å². The summed E-state index contributed by atoms with van der Waals surface area (Å²) in [5.74, 6) is 0.147. The van der Waals surface area contributed by atoms with Crippen LogP contribution in [-0.4, -0.2) is 12.0 Å². The highest BCUT2D eigenvalue weighted by Crippen LogP contribution is 2.39. The van der Waals surface area contributed by atoms with Crippen molar-refractivity contribution in [1.82, 2.24) is 0 Å². The van der Waals surface area contributed by atoms with Crippen LogP contribution in [0, 0.1) is 11.3 Å². The topological polar surface area (TPSA) is 53.2 Å². The van der Waals surface area contributed by atoms with E-state index in [1.165, 1.54) is 11.3 Å². The van der Waals surface area contributed by atoms with Gasteiger partial charge in [0.1, 0.15) is 11.1 Å². The maximum absolute atomic E-state index is 11.9. The fraction of sp³-hybridized carbons (Fsp3) is 0.188. The Labute approximate surface area is 121 Å². The van der Waals surface area contributed by atoms with Gasteiger partial charge in [0.2, 0.25) is 0 Å². The lowest BCUT2D eigenvalue weighted by Gasteiger charge is -2.08. The predicted octanol–water partition coefficient (Wildman–Crippen LogP) is 3.89. The summed E-state index contributed by atoms with van der Waals surface area (Å²) in [4.78, 5) is 17.0. The molecular formula is C16H12N2OS. The van der Waals surface area contributed by atoms with Crippen LogP contribution in [0.15, 0.2) is 35.3 Å². The van der Waals surface area contributed by atoms with E-state index in [0.29, 0.717) is 17.0 Å². The number of carbonyl (C=O) groups excluding carboxylic acids is 1. The van der Waals surface area contributed by atoms with Crippen molar-refractivity contribution in [3.05, 3.63) is 51.9 Å². The first-order valence-corrected chi connectivity index (χ1v) is 7.29. The van der Waals surface area contributed by atoms with Gasteiger partial charge in [-0.15, -0.1) is 11.3 Å². The summed E-state index contributed by atoms with van der Waals surface area (Å²) >= 11 is 1.34. The number of ketones is 1. The van der Waals surface area contributed by atoms with Crippen molar-refractivity contribution in [1.29, 1.82) is 5.26 Å². The first-order chi connectivity index (χ1) is 9.79. The molecule has 0 spiro atoms. The van der Waals surface area contributed by atoms with Crippen molar-refractivity contribution < 1.29 is 4.79 Å². The molecule has 0 N–H and O–H groups in total. The Morgan fingerprint density at radius 3 is 2.80 bits per heavy atom. The summed E-state index contributed by atoms with van der Waals surface area (Å²) < 4.78 is 0. The van der Waals surface area contributed by atoms with E-state index in [9.17, 15) is 10.1 Å². The zero-order chi connectivity index (χ0) is 13.9. The first kappa shape index (κ1) is 12.8. The fourth-order valence-corrected chi connectivity index (χ4v) is 3.45. The van der Waals surface area contributed by atoms with E-state index in [0.717, 1.165) is 28.8 Å². The van der Waals surface area contributed by atoms with Gasteiger partial charge in [0.05, 0.1) is 10.4 Å². The molecule has 0 fully saturated rings. The second-order valence-corrected chi connectivity index (χ2v) is 5.65. The second kappa shape index (κ2) is 5.40. The minimum atomic E-state index is 0.147. The largest absolute Gasteiger partial charge is 0.293 e. The number of benzene rings is 1. The molecule has 1 aromatic carbocycles. The molecule has 0 amide bonds. The number of nitriles is 1. The number of rotatable bonds is 2.